The second-order valence-corrected chi connectivity index (χ2v) is 8.89. The molecule has 0 aliphatic rings. The SMILES string of the molecule is CN(C=O)c1ccc(-n2nc(C#N)cc2-c2ccc(S(C)(=O)=O)s2)cc1. The highest BCUT2D eigenvalue weighted by atomic mass is 32.2. The van der Waals surface area contributed by atoms with Gasteiger partial charge in [0.05, 0.1) is 16.3 Å². The molecule has 0 unspecified atom stereocenters. The summed E-state index contributed by atoms with van der Waals surface area (Å²) < 4.78 is 25.3. The third kappa shape index (κ3) is 3.37. The van der Waals surface area contributed by atoms with Gasteiger partial charge in [-0.05, 0) is 36.4 Å². The summed E-state index contributed by atoms with van der Waals surface area (Å²) in [5, 5.41) is 13.5. The predicted octanol–water partition coefficient (Wildman–Crippen LogP) is 2.47. The maximum Gasteiger partial charge on any atom is 0.213 e. The van der Waals surface area contributed by atoms with E-state index in [0.29, 0.717) is 28.4 Å². The van der Waals surface area contributed by atoms with Crippen LogP contribution in [0, 0.1) is 11.3 Å². The topological polar surface area (TPSA) is 96.1 Å². The lowest BCUT2D eigenvalue weighted by Crippen LogP contribution is -2.13. The van der Waals surface area contributed by atoms with E-state index < -0.39 is 9.84 Å². The van der Waals surface area contributed by atoms with E-state index in [1.807, 2.05) is 6.07 Å². The average Bonchev–Trinajstić information content (AvgIpc) is 3.27. The number of carbonyl (C=O) groups is 1. The number of anilines is 1. The smallest absolute Gasteiger partial charge is 0.213 e. The number of thiophene rings is 1. The number of benzene rings is 1. The van der Waals surface area contributed by atoms with E-state index in [0.717, 1.165) is 17.6 Å². The molecule has 0 saturated carbocycles. The molecule has 7 nitrogen and oxygen atoms in total. The maximum absolute atomic E-state index is 11.7. The van der Waals surface area contributed by atoms with Gasteiger partial charge >= 0.3 is 0 Å². The van der Waals surface area contributed by atoms with Gasteiger partial charge in [-0.15, -0.1) is 11.3 Å². The molecule has 2 aromatic heterocycles. The number of hydrogen-bond donors (Lipinski definition) is 0. The van der Waals surface area contributed by atoms with E-state index in [1.165, 1.54) is 4.90 Å². The number of aromatic nitrogens is 2. The van der Waals surface area contributed by atoms with Gasteiger partial charge in [-0.2, -0.15) is 10.4 Å². The molecule has 0 atom stereocenters. The Kier molecular flexibility index (Phi) is 4.63. The van der Waals surface area contributed by atoms with Crippen molar-refractivity contribution in [2.45, 2.75) is 4.21 Å². The lowest BCUT2D eigenvalue weighted by Gasteiger charge is -2.12. The van der Waals surface area contributed by atoms with Gasteiger partial charge in [0, 0.05) is 25.1 Å². The largest absolute Gasteiger partial charge is 0.318 e. The van der Waals surface area contributed by atoms with Gasteiger partial charge in [-0.25, -0.2) is 13.1 Å². The standard InChI is InChI=1S/C17H14N4O3S2/c1-20(11-22)13-3-5-14(6-4-13)21-15(9-12(10-18)19-21)16-7-8-17(25-16)26(2,23)24/h3-9,11H,1-2H3. The van der Waals surface area contributed by atoms with Crippen LogP contribution in [0.2, 0.25) is 0 Å². The molecule has 3 rings (SSSR count). The van der Waals surface area contributed by atoms with Gasteiger partial charge in [0.2, 0.25) is 6.41 Å². The molecule has 0 fully saturated rings. The van der Waals surface area contributed by atoms with Crippen LogP contribution in [0.4, 0.5) is 5.69 Å². The highest BCUT2D eigenvalue weighted by Gasteiger charge is 2.17. The van der Waals surface area contributed by atoms with Crippen molar-refractivity contribution >= 4 is 33.3 Å². The summed E-state index contributed by atoms with van der Waals surface area (Å²) in [5.74, 6) is 0. The van der Waals surface area contributed by atoms with Crippen molar-refractivity contribution in [3.05, 3.63) is 48.2 Å². The monoisotopic (exact) mass is 386 g/mol. The van der Waals surface area contributed by atoms with Crippen LogP contribution in [0.5, 0.6) is 0 Å². The number of hydrogen-bond acceptors (Lipinski definition) is 6. The Morgan fingerprint density at radius 3 is 2.46 bits per heavy atom. The fourth-order valence-corrected chi connectivity index (χ4v) is 4.28. The van der Waals surface area contributed by atoms with E-state index in [-0.39, 0.29) is 9.90 Å². The predicted molar refractivity (Wildman–Crippen MR) is 99.2 cm³/mol. The molecule has 2 heterocycles. The molecule has 0 saturated heterocycles. The van der Waals surface area contributed by atoms with Crippen LogP contribution in [-0.4, -0.2) is 37.9 Å². The zero-order valence-electron chi connectivity index (χ0n) is 13.9. The number of nitriles is 1. The molecule has 132 valence electrons. The first-order chi connectivity index (χ1) is 12.3. The second-order valence-electron chi connectivity index (χ2n) is 5.56. The molecule has 3 aromatic rings. The summed E-state index contributed by atoms with van der Waals surface area (Å²) in [7, 11) is -1.65. The van der Waals surface area contributed by atoms with Crippen molar-refractivity contribution in [3.63, 3.8) is 0 Å². The van der Waals surface area contributed by atoms with Crippen LogP contribution in [-0.2, 0) is 14.6 Å². The number of nitrogens with zero attached hydrogens (tertiary/aromatic N) is 4. The van der Waals surface area contributed by atoms with Crippen LogP contribution in [0.15, 0.2) is 46.7 Å². The normalized spacial score (nSPS) is 11.1. The Morgan fingerprint density at radius 2 is 1.92 bits per heavy atom. The molecule has 0 N–H and O–H groups in total. The van der Waals surface area contributed by atoms with Gasteiger partial charge < -0.3 is 4.90 Å². The van der Waals surface area contributed by atoms with Gasteiger partial charge in [0.25, 0.3) is 0 Å². The van der Waals surface area contributed by atoms with Crippen LogP contribution < -0.4 is 4.90 Å². The molecular weight excluding hydrogens is 372 g/mol. The van der Waals surface area contributed by atoms with Crippen molar-refractivity contribution in [1.82, 2.24) is 9.78 Å². The lowest BCUT2D eigenvalue weighted by molar-refractivity contribution is -0.107. The first-order valence-electron chi connectivity index (χ1n) is 7.42. The molecule has 0 bridgehead atoms. The Balaban J connectivity index is 2.09. The summed E-state index contributed by atoms with van der Waals surface area (Å²) in [6, 6.07) is 13.9. The lowest BCUT2D eigenvalue weighted by atomic mass is 10.2. The Morgan fingerprint density at radius 1 is 1.23 bits per heavy atom. The molecule has 1 aromatic carbocycles. The van der Waals surface area contributed by atoms with Crippen LogP contribution in [0.3, 0.4) is 0 Å². The van der Waals surface area contributed by atoms with E-state index in [4.69, 9.17) is 0 Å². The first-order valence-corrected chi connectivity index (χ1v) is 10.1. The Bertz CT molecular complexity index is 1110. The van der Waals surface area contributed by atoms with Gasteiger partial charge in [0.1, 0.15) is 10.3 Å². The van der Waals surface area contributed by atoms with Gasteiger partial charge in [-0.1, -0.05) is 0 Å². The highest BCUT2D eigenvalue weighted by molar-refractivity contribution is 7.92. The average molecular weight is 386 g/mol. The summed E-state index contributed by atoms with van der Waals surface area (Å²) >= 11 is 1.12. The van der Waals surface area contributed by atoms with Crippen molar-refractivity contribution in [3.8, 4) is 22.3 Å². The van der Waals surface area contributed by atoms with E-state index in [2.05, 4.69) is 5.10 Å². The summed E-state index contributed by atoms with van der Waals surface area (Å²) in [5.41, 5.74) is 2.26. The number of rotatable bonds is 5. The molecule has 0 aliphatic heterocycles. The van der Waals surface area contributed by atoms with Crippen LogP contribution >= 0.6 is 11.3 Å². The van der Waals surface area contributed by atoms with Crippen LogP contribution in [0.1, 0.15) is 5.69 Å². The molecule has 0 spiro atoms. The second kappa shape index (κ2) is 6.74. The minimum Gasteiger partial charge on any atom is -0.318 e. The van der Waals surface area contributed by atoms with Crippen molar-refractivity contribution in [2.24, 2.45) is 0 Å². The third-order valence-corrected chi connectivity index (χ3v) is 6.61. The fraction of sp³-hybridized carbons (Fsp3) is 0.118. The van der Waals surface area contributed by atoms with E-state index in [1.54, 1.807) is 54.2 Å². The fourth-order valence-electron chi connectivity index (χ4n) is 2.35. The van der Waals surface area contributed by atoms with E-state index in [9.17, 15) is 18.5 Å². The van der Waals surface area contributed by atoms with Gasteiger partial charge in [0.15, 0.2) is 15.5 Å². The van der Waals surface area contributed by atoms with E-state index >= 15 is 0 Å². The minimum absolute atomic E-state index is 0.225. The quantitative estimate of drug-likeness (QED) is 0.628. The number of sulfone groups is 1. The van der Waals surface area contributed by atoms with Crippen LogP contribution in [0.25, 0.3) is 16.3 Å². The van der Waals surface area contributed by atoms with Crippen molar-refractivity contribution < 1.29 is 13.2 Å². The molecular formula is C17H14N4O3S2. The molecule has 0 radical (unpaired) electrons. The zero-order valence-corrected chi connectivity index (χ0v) is 15.6. The van der Waals surface area contributed by atoms with Crippen molar-refractivity contribution in [1.29, 1.82) is 5.26 Å². The molecule has 0 aliphatic carbocycles. The molecule has 26 heavy (non-hydrogen) atoms. The molecule has 1 amide bonds. The Labute approximate surface area is 154 Å². The number of carbonyl (C=O) groups excluding carboxylic acids is 1. The summed E-state index contributed by atoms with van der Waals surface area (Å²) in [4.78, 5) is 13.0. The Hall–Kier alpha value is -2.96. The summed E-state index contributed by atoms with van der Waals surface area (Å²) in [6.07, 6.45) is 1.86. The maximum atomic E-state index is 11.7. The highest BCUT2D eigenvalue weighted by Crippen LogP contribution is 2.32. The molecule has 9 heteroatoms. The zero-order chi connectivity index (χ0) is 18.9. The third-order valence-electron chi connectivity index (χ3n) is 3.68. The van der Waals surface area contributed by atoms with Crippen molar-refractivity contribution in [2.75, 3.05) is 18.2 Å². The first kappa shape index (κ1) is 17.8. The minimum atomic E-state index is -3.30. The van der Waals surface area contributed by atoms with Gasteiger partial charge in [-0.3, -0.25) is 4.79 Å². The number of amides is 1. The summed E-state index contributed by atoms with van der Waals surface area (Å²) in [6.45, 7) is 0.